The summed E-state index contributed by atoms with van der Waals surface area (Å²) in [7, 11) is -2.13. The van der Waals surface area contributed by atoms with Gasteiger partial charge in [0, 0.05) is 13.7 Å². The number of methoxy groups -OCH3 is 1. The lowest BCUT2D eigenvalue weighted by atomic mass is 10.0. The largest absolute Gasteiger partial charge is 0.383 e. The topological polar surface area (TPSA) is 55.4 Å². The maximum Gasteiger partial charge on any atom is 0.216 e. The van der Waals surface area contributed by atoms with Crippen LogP contribution in [0.4, 0.5) is 4.39 Å². The molecule has 1 N–H and O–H groups in total. The van der Waals surface area contributed by atoms with Gasteiger partial charge in [0.05, 0.1) is 11.9 Å². The van der Waals surface area contributed by atoms with E-state index in [1.807, 2.05) is 19.9 Å². The molecule has 4 nitrogen and oxygen atoms in total. The molecule has 1 aromatic rings. The maximum atomic E-state index is 14.1. The molecule has 0 aliphatic carbocycles. The van der Waals surface area contributed by atoms with E-state index in [-0.39, 0.29) is 13.2 Å². The van der Waals surface area contributed by atoms with Crippen LogP contribution in [0.5, 0.6) is 0 Å². The Morgan fingerprint density at radius 1 is 1.30 bits per heavy atom. The predicted octanol–water partition coefficient (Wildman–Crippen LogP) is 2.27. The molecular weight excluding hydrogens is 281 g/mol. The lowest BCUT2D eigenvalue weighted by Crippen LogP contribution is -2.36. The Morgan fingerprint density at radius 2 is 1.95 bits per heavy atom. The van der Waals surface area contributed by atoms with Gasteiger partial charge in [0.25, 0.3) is 0 Å². The van der Waals surface area contributed by atoms with Crippen LogP contribution in [-0.2, 0) is 14.8 Å². The Balaban J connectivity index is 2.67. The van der Waals surface area contributed by atoms with Gasteiger partial charge in [0.1, 0.15) is 6.17 Å². The van der Waals surface area contributed by atoms with Gasteiger partial charge < -0.3 is 4.74 Å². The molecule has 0 saturated heterocycles. The van der Waals surface area contributed by atoms with Crippen LogP contribution >= 0.6 is 0 Å². The molecule has 1 rings (SSSR count). The molecule has 114 valence electrons. The summed E-state index contributed by atoms with van der Waals surface area (Å²) in [6.07, 6.45) is -1.36. The minimum atomic E-state index is -3.56. The van der Waals surface area contributed by atoms with Crippen molar-refractivity contribution >= 4 is 10.0 Å². The first-order valence-electron chi connectivity index (χ1n) is 6.46. The highest BCUT2D eigenvalue weighted by Gasteiger charge is 2.22. The zero-order chi connectivity index (χ0) is 15.3. The molecule has 6 heteroatoms. The van der Waals surface area contributed by atoms with E-state index >= 15 is 0 Å². The van der Waals surface area contributed by atoms with Crippen molar-refractivity contribution in [3.8, 4) is 0 Å². The van der Waals surface area contributed by atoms with Crippen molar-refractivity contribution in [1.82, 2.24) is 4.72 Å². The number of benzene rings is 1. The third-order valence-electron chi connectivity index (χ3n) is 3.29. The van der Waals surface area contributed by atoms with Gasteiger partial charge in [-0.2, -0.15) is 0 Å². The van der Waals surface area contributed by atoms with E-state index in [1.165, 1.54) is 14.0 Å². The van der Waals surface area contributed by atoms with E-state index in [1.54, 1.807) is 12.1 Å². The van der Waals surface area contributed by atoms with Crippen LogP contribution in [0, 0.1) is 13.8 Å². The summed E-state index contributed by atoms with van der Waals surface area (Å²) in [5.74, 6) is 0. The molecular formula is C14H22FNO3S. The van der Waals surface area contributed by atoms with E-state index in [0.717, 1.165) is 11.1 Å². The lowest BCUT2D eigenvalue weighted by Gasteiger charge is -2.15. The maximum absolute atomic E-state index is 14.1. The molecule has 0 amide bonds. The minimum absolute atomic E-state index is 0.0793. The zero-order valence-corrected chi connectivity index (χ0v) is 13.1. The van der Waals surface area contributed by atoms with Crippen molar-refractivity contribution in [2.75, 3.05) is 20.3 Å². The molecule has 2 atom stereocenters. The van der Waals surface area contributed by atoms with E-state index in [9.17, 15) is 12.8 Å². The third kappa shape index (κ3) is 4.54. The summed E-state index contributed by atoms with van der Waals surface area (Å²) in [6.45, 7) is 5.18. The Hall–Kier alpha value is -0.980. The van der Waals surface area contributed by atoms with Gasteiger partial charge >= 0.3 is 0 Å². The second-order valence-electron chi connectivity index (χ2n) is 4.97. The molecule has 0 heterocycles. The Kier molecular flexibility index (Phi) is 6.10. The first-order chi connectivity index (χ1) is 9.27. The van der Waals surface area contributed by atoms with Gasteiger partial charge in [-0.05, 0) is 37.5 Å². The van der Waals surface area contributed by atoms with Gasteiger partial charge in [0.2, 0.25) is 10.0 Å². The smallest absolute Gasteiger partial charge is 0.216 e. The minimum Gasteiger partial charge on any atom is -0.383 e. The number of aryl methyl sites for hydroxylation is 2. The average molecular weight is 303 g/mol. The fraction of sp³-hybridized carbons (Fsp3) is 0.571. The van der Waals surface area contributed by atoms with Crippen LogP contribution in [0.2, 0.25) is 0 Å². The molecule has 0 aliphatic rings. The summed E-state index contributed by atoms with van der Waals surface area (Å²) >= 11 is 0. The number of rotatable bonds is 7. The molecule has 0 saturated carbocycles. The SMILES string of the molecule is COCC(C)S(=O)(=O)NCC(F)c1ccc(C)c(C)c1. The van der Waals surface area contributed by atoms with Crippen LogP contribution in [0.3, 0.4) is 0 Å². The number of hydrogen-bond acceptors (Lipinski definition) is 3. The molecule has 0 fully saturated rings. The number of hydrogen-bond donors (Lipinski definition) is 1. The number of halogens is 1. The predicted molar refractivity (Wildman–Crippen MR) is 78.0 cm³/mol. The van der Waals surface area contributed by atoms with Crippen LogP contribution < -0.4 is 4.72 Å². The molecule has 2 unspecified atom stereocenters. The van der Waals surface area contributed by atoms with Crippen molar-refractivity contribution in [1.29, 1.82) is 0 Å². The molecule has 0 spiro atoms. The summed E-state index contributed by atoms with van der Waals surface area (Å²) in [5.41, 5.74) is 2.55. The van der Waals surface area contributed by atoms with E-state index in [0.29, 0.717) is 5.56 Å². The van der Waals surface area contributed by atoms with E-state index in [2.05, 4.69) is 4.72 Å². The first kappa shape index (κ1) is 17.1. The normalized spacial score (nSPS) is 15.1. The Labute approximate surface area is 120 Å². The second kappa shape index (κ2) is 7.15. The quantitative estimate of drug-likeness (QED) is 0.840. The monoisotopic (exact) mass is 303 g/mol. The summed E-state index contributed by atoms with van der Waals surface area (Å²) < 4.78 is 44.8. The number of alkyl halides is 1. The van der Waals surface area contributed by atoms with Gasteiger partial charge in [-0.25, -0.2) is 17.5 Å². The third-order valence-corrected chi connectivity index (χ3v) is 5.05. The molecule has 0 aliphatic heterocycles. The fourth-order valence-electron chi connectivity index (χ4n) is 1.73. The molecule has 0 aromatic heterocycles. The van der Waals surface area contributed by atoms with Crippen molar-refractivity contribution in [2.24, 2.45) is 0 Å². The van der Waals surface area contributed by atoms with Crippen molar-refractivity contribution in [3.05, 3.63) is 34.9 Å². The number of ether oxygens (including phenoxy) is 1. The van der Waals surface area contributed by atoms with Crippen molar-refractivity contribution < 1.29 is 17.5 Å². The van der Waals surface area contributed by atoms with Crippen LogP contribution in [0.15, 0.2) is 18.2 Å². The van der Waals surface area contributed by atoms with Gasteiger partial charge in [-0.15, -0.1) is 0 Å². The van der Waals surface area contributed by atoms with Crippen LogP contribution in [0.25, 0.3) is 0 Å². The lowest BCUT2D eigenvalue weighted by molar-refractivity contribution is 0.200. The summed E-state index contributed by atoms with van der Waals surface area (Å²) in [6, 6.07) is 5.26. The second-order valence-corrected chi connectivity index (χ2v) is 7.15. The summed E-state index contributed by atoms with van der Waals surface area (Å²) in [5, 5.41) is -0.709. The molecule has 1 aromatic carbocycles. The van der Waals surface area contributed by atoms with E-state index < -0.39 is 21.4 Å². The average Bonchev–Trinajstić information content (AvgIpc) is 2.39. The van der Waals surface area contributed by atoms with E-state index in [4.69, 9.17) is 4.74 Å². The Bertz CT molecular complexity index is 545. The summed E-state index contributed by atoms with van der Waals surface area (Å²) in [4.78, 5) is 0. The van der Waals surface area contributed by atoms with Crippen LogP contribution in [-0.4, -0.2) is 33.9 Å². The highest BCUT2D eigenvalue weighted by molar-refractivity contribution is 7.90. The standard InChI is InChI=1S/C14H22FNO3S/c1-10-5-6-13(7-11(10)2)14(15)8-16-20(17,18)12(3)9-19-4/h5-7,12,14,16H,8-9H2,1-4H3. The van der Waals surface area contributed by atoms with Crippen molar-refractivity contribution in [3.63, 3.8) is 0 Å². The van der Waals surface area contributed by atoms with Gasteiger partial charge in [-0.3, -0.25) is 0 Å². The molecule has 20 heavy (non-hydrogen) atoms. The number of sulfonamides is 1. The molecule has 0 bridgehead atoms. The fourth-order valence-corrected chi connectivity index (χ4v) is 2.71. The zero-order valence-electron chi connectivity index (χ0n) is 12.3. The highest BCUT2D eigenvalue weighted by atomic mass is 32.2. The van der Waals surface area contributed by atoms with Crippen LogP contribution in [0.1, 0.15) is 29.8 Å². The Morgan fingerprint density at radius 3 is 2.50 bits per heavy atom. The molecule has 0 radical (unpaired) electrons. The highest BCUT2D eigenvalue weighted by Crippen LogP contribution is 2.20. The number of nitrogens with one attached hydrogen (secondary N) is 1. The van der Waals surface area contributed by atoms with Crippen molar-refractivity contribution in [2.45, 2.75) is 32.2 Å². The van der Waals surface area contributed by atoms with Gasteiger partial charge in [0.15, 0.2) is 0 Å². The first-order valence-corrected chi connectivity index (χ1v) is 8.01. The van der Waals surface area contributed by atoms with Gasteiger partial charge in [-0.1, -0.05) is 18.2 Å².